The number of anilines is 2. The van der Waals surface area contributed by atoms with E-state index in [0.717, 1.165) is 30.7 Å². The third kappa shape index (κ3) is 6.15. The topological polar surface area (TPSA) is 91.8 Å². The van der Waals surface area contributed by atoms with E-state index in [1.165, 1.54) is 12.5 Å². The quantitative estimate of drug-likeness (QED) is 0.520. The molecule has 0 aliphatic carbocycles. The van der Waals surface area contributed by atoms with Crippen molar-refractivity contribution in [1.29, 1.82) is 0 Å². The van der Waals surface area contributed by atoms with Crippen molar-refractivity contribution >= 4 is 29.1 Å². The van der Waals surface area contributed by atoms with Crippen LogP contribution in [0.2, 0.25) is 0 Å². The van der Waals surface area contributed by atoms with Crippen LogP contribution in [0, 0.1) is 13.8 Å². The molecule has 0 spiro atoms. The Morgan fingerprint density at radius 3 is 2.40 bits per heavy atom. The lowest BCUT2D eigenvalue weighted by Crippen LogP contribution is -2.36. The molecule has 0 radical (unpaired) electrons. The van der Waals surface area contributed by atoms with Crippen LogP contribution >= 0.6 is 0 Å². The number of amides is 2. The van der Waals surface area contributed by atoms with Gasteiger partial charge in [0.2, 0.25) is 11.9 Å². The van der Waals surface area contributed by atoms with Crippen LogP contribution in [-0.4, -0.2) is 37.0 Å². The molecule has 3 rings (SSSR count). The molecule has 0 unspecified atom stereocenters. The van der Waals surface area contributed by atoms with Gasteiger partial charge in [-0.05, 0) is 74.2 Å². The van der Waals surface area contributed by atoms with Crippen molar-refractivity contribution in [2.45, 2.75) is 39.7 Å². The Labute approximate surface area is 176 Å². The lowest BCUT2D eigenvalue weighted by molar-refractivity contribution is -0.114. The molecule has 2 aromatic rings. The highest BCUT2D eigenvalue weighted by atomic mass is 16.5. The van der Waals surface area contributed by atoms with Gasteiger partial charge in [-0.15, -0.1) is 0 Å². The lowest BCUT2D eigenvalue weighted by Gasteiger charge is -2.14. The summed E-state index contributed by atoms with van der Waals surface area (Å²) in [5.41, 5.74) is 4.31. The molecule has 1 fully saturated rings. The minimum Gasteiger partial charge on any atom is -0.376 e. The van der Waals surface area contributed by atoms with E-state index in [9.17, 15) is 9.59 Å². The molecule has 0 bridgehead atoms. The fourth-order valence-electron chi connectivity index (χ4n) is 3.14. The van der Waals surface area contributed by atoms with E-state index < -0.39 is 0 Å². The second-order valence-electron chi connectivity index (χ2n) is 7.46. The molecule has 7 nitrogen and oxygen atoms in total. The van der Waals surface area contributed by atoms with Gasteiger partial charge < -0.3 is 15.4 Å². The maximum absolute atomic E-state index is 12.7. The van der Waals surface area contributed by atoms with Crippen molar-refractivity contribution in [3.63, 3.8) is 0 Å². The highest BCUT2D eigenvalue weighted by Gasteiger charge is 2.16. The van der Waals surface area contributed by atoms with Gasteiger partial charge in [-0.2, -0.15) is 0 Å². The smallest absolute Gasteiger partial charge is 0.257 e. The summed E-state index contributed by atoms with van der Waals surface area (Å²) >= 11 is 0. The van der Waals surface area contributed by atoms with Gasteiger partial charge in [0.05, 0.1) is 12.6 Å². The highest BCUT2D eigenvalue weighted by molar-refractivity contribution is 6.10. The normalized spacial score (nSPS) is 16.2. The average molecular weight is 409 g/mol. The number of hydrogen-bond acceptors (Lipinski definition) is 4. The zero-order valence-corrected chi connectivity index (χ0v) is 17.6. The summed E-state index contributed by atoms with van der Waals surface area (Å²) in [5, 5.41) is 8.76. The van der Waals surface area contributed by atoms with E-state index in [2.05, 4.69) is 27.9 Å². The molecule has 2 amide bonds. The van der Waals surface area contributed by atoms with Gasteiger partial charge in [-0.3, -0.25) is 14.9 Å². The Bertz CT molecular complexity index is 932. The summed E-state index contributed by atoms with van der Waals surface area (Å²) in [6.07, 6.45) is 2.09. The minimum atomic E-state index is -0.285. The van der Waals surface area contributed by atoms with Gasteiger partial charge in [0, 0.05) is 30.5 Å². The molecule has 0 aromatic heterocycles. The number of benzene rings is 2. The van der Waals surface area contributed by atoms with E-state index in [-0.39, 0.29) is 17.9 Å². The van der Waals surface area contributed by atoms with E-state index in [1.807, 2.05) is 25.1 Å². The van der Waals surface area contributed by atoms with E-state index in [0.29, 0.717) is 23.8 Å². The molecule has 0 saturated carbocycles. The SMILES string of the molecule is CC(=O)Nc1ccc(C(=O)NC(=NC[C@@H]2CCCO2)Nc2ccc(C)c(C)c2)cc1. The van der Waals surface area contributed by atoms with E-state index in [4.69, 9.17) is 4.74 Å². The summed E-state index contributed by atoms with van der Waals surface area (Å²) in [7, 11) is 0. The number of nitrogens with zero attached hydrogens (tertiary/aromatic N) is 1. The summed E-state index contributed by atoms with van der Waals surface area (Å²) in [6.45, 7) is 6.77. The summed E-state index contributed by atoms with van der Waals surface area (Å²) in [6, 6.07) is 12.7. The Morgan fingerprint density at radius 2 is 1.77 bits per heavy atom. The third-order valence-corrected chi connectivity index (χ3v) is 4.95. The second-order valence-corrected chi connectivity index (χ2v) is 7.46. The first-order chi connectivity index (χ1) is 14.4. The van der Waals surface area contributed by atoms with Gasteiger partial charge in [0.15, 0.2) is 0 Å². The van der Waals surface area contributed by atoms with Crippen LogP contribution in [0.4, 0.5) is 11.4 Å². The maximum atomic E-state index is 12.7. The number of aliphatic imine (C=N–C) groups is 1. The van der Waals surface area contributed by atoms with Crippen LogP contribution in [0.1, 0.15) is 41.3 Å². The standard InChI is InChI=1S/C23H28N4O3/c1-15-6-9-20(13-16(15)2)26-23(24-14-21-5-4-12-30-21)27-22(29)18-7-10-19(11-8-18)25-17(3)28/h6-11,13,21H,4-5,12,14H2,1-3H3,(H,25,28)(H2,24,26,27,29)/t21-/m0/s1. The van der Waals surface area contributed by atoms with E-state index >= 15 is 0 Å². The molecule has 1 heterocycles. The molecule has 30 heavy (non-hydrogen) atoms. The van der Waals surface area contributed by atoms with Crippen molar-refractivity contribution < 1.29 is 14.3 Å². The van der Waals surface area contributed by atoms with Gasteiger partial charge in [-0.25, -0.2) is 4.99 Å². The van der Waals surface area contributed by atoms with Gasteiger partial charge in [0.1, 0.15) is 0 Å². The minimum absolute atomic E-state index is 0.0791. The van der Waals surface area contributed by atoms with Crippen molar-refractivity contribution in [2.75, 3.05) is 23.8 Å². The second kappa shape index (κ2) is 10.0. The van der Waals surface area contributed by atoms with Crippen LogP contribution in [0.3, 0.4) is 0 Å². The van der Waals surface area contributed by atoms with Crippen molar-refractivity contribution in [1.82, 2.24) is 5.32 Å². The average Bonchev–Trinajstić information content (AvgIpc) is 3.22. The van der Waals surface area contributed by atoms with Crippen LogP contribution in [0.25, 0.3) is 0 Å². The zero-order valence-electron chi connectivity index (χ0n) is 17.6. The first kappa shape index (κ1) is 21.5. The molecule has 1 aliphatic rings. The molecule has 1 saturated heterocycles. The summed E-state index contributed by atoms with van der Waals surface area (Å²) < 4.78 is 5.64. The molecule has 7 heteroatoms. The Balaban J connectivity index is 1.73. The fraction of sp³-hybridized carbons (Fsp3) is 0.348. The number of carbonyl (C=O) groups excluding carboxylic acids is 2. The predicted octanol–water partition coefficient (Wildman–Crippen LogP) is 3.64. The zero-order chi connectivity index (χ0) is 21.5. The van der Waals surface area contributed by atoms with Crippen LogP contribution in [0.15, 0.2) is 47.5 Å². The molecule has 1 aliphatic heterocycles. The molecule has 2 aromatic carbocycles. The summed E-state index contributed by atoms with van der Waals surface area (Å²) in [4.78, 5) is 28.5. The van der Waals surface area contributed by atoms with Crippen molar-refractivity contribution in [3.05, 3.63) is 59.2 Å². The highest BCUT2D eigenvalue weighted by Crippen LogP contribution is 2.15. The largest absolute Gasteiger partial charge is 0.376 e. The Morgan fingerprint density at radius 1 is 1.03 bits per heavy atom. The van der Waals surface area contributed by atoms with Gasteiger partial charge >= 0.3 is 0 Å². The number of ether oxygens (including phenoxy) is 1. The van der Waals surface area contributed by atoms with Gasteiger partial charge in [0.25, 0.3) is 5.91 Å². The molecular formula is C23H28N4O3. The third-order valence-electron chi connectivity index (χ3n) is 4.95. The number of carbonyl (C=O) groups is 2. The Hall–Kier alpha value is -3.19. The first-order valence-electron chi connectivity index (χ1n) is 10.1. The lowest BCUT2D eigenvalue weighted by atomic mass is 10.1. The van der Waals surface area contributed by atoms with E-state index in [1.54, 1.807) is 24.3 Å². The fourth-order valence-corrected chi connectivity index (χ4v) is 3.14. The Kier molecular flexibility index (Phi) is 7.19. The number of rotatable bonds is 5. The first-order valence-corrected chi connectivity index (χ1v) is 10.1. The molecule has 158 valence electrons. The van der Waals surface area contributed by atoms with Crippen LogP contribution in [0.5, 0.6) is 0 Å². The predicted molar refractivity (Wildman–Crippen MR) is 119 cm³/mol. The number of nitrogens with one attached hydrogen (secondary N) is 3. The number of aryl methyl sites for hydroxylation is 2. The van der Waals surface area contributed by atoms with Crippen LogP contribution < -0.4 is 16.0 Å². The molecule has 1 atom stereocenters. The van der Waals surface area contributed by atoms with Crippen molar-refractivity contribution in [2.24, 2.45) is 4.99 Å². The number of hydrogen-bond donors (Lipinski definition) is 3. The van der Waals surface area contributed by atoms with Crippen LogP contribution in [-0.2, 0) is 9.53 Å². The molecule has 3 N–H and O–H groups in total. The monoisotopic (exact) mass is 408 g/mol. The van der Waals surface area contributed by atoms with Gasteiger partial charge in [-0.1, -0.05) is 6.07 Å². The number of guanidine groups is 1. The van der Waals surface area contributed by atoms with Crippen molar-refractivity contribution in [3.8, 4) is 0 Å². The molecular weight excluding hydrogens is 380 g/mol. The maximum Gasteiger partial charge on any atom is 0.257 e. The summed E-state index contributed by atoms with van der Waals surface area (Å²) in [5.74, 6) is -0.0650.